The third-order valence-electron chi connectivity index (χ3n) is 7.23. The van der Waals surface area contributed by atoms with E-state index in [1.807, 2.05) is 29.0 Å². The second-order valence-corrected chi connectivity index (χ2v) is 12.9. The van der Waals surface area contributed by atoms with Gasteiger partial charge in [-0.2, -0.15) is 13.1 Å². The van der Waals surface area contributed by atoms with Crippen molar-refractivity contribution in [3.63, 3.8) is 0 Å². The number of ether oxygens (including phenoxy) is 2. The molecule has 0 bridgehead atoms. The molecule has 1 amide bonds. The summed E-state index contributed by atoms with van der Waals surface area (Å²) in [6.45, 7) is 12.6. The zero-order chi connectivity index (χ0) is 29.8. The van der Waals surface area contributed by atoms with E-state index in [1.165, 1.54) is 0 Å². The van der Waals surface area contributed by atoms with E-state index >= 15 is 0 Å². The number of nitrogens with one attached hydrogen (secondary N) is 2. The van der Waals surface area contributed by atoms with Crippen LogP contribution in [0, 0.1) is 13.8 Å². The summed E-state index contributed by atoms with van der Waals surface area (Å²) >= 11 is 0. The van der Waals surface area contributed by atoms with Crippen molar-refractivity contribution in [1.82, 2.24) is 9.44 Å². The number of allylic oxidation sites excluding steroid dienone is 4. The lowest BCUT2D eigenvalue weighted by atomic mass is 9.89. The maximum Gasteiger partial charge on any atom is 0.301 e. The number of carbonyl (C=O) groups excluding carboxylic acids is 1. The van der Waals surface area contributed by atoms with Crippen molar-refractivity contribution in [2.75, 3.05) is 6.61 Å². The molecule has 41 heavy (non-hydrogen) atoms. The van der Waals surface area contributed by atoms with Crippen molar-refractivity contribution >= 4 is 21.7 Å². The van der Waals surface area contributed by atoms with Crippen LogP contribution in [0.25, 0.3) is 5.57 Å². The van der Waals surface area contributed by atoms with Crippen LogP contribution in [0.15, 0.2) is 66.8 Å². The lowest BCUT2D eigenvalue weighted by molar-refractivity contribution is -0.120. The first-order chi connectivity index (χ1) is 19.3. The summed E-state index contributed by atoms with van der Waals surface area (Å²) in [6, 6.07) is 10.7. The average molecular weight is 581 g/mol. The molecule has 0 spiro atoms. The molecular formula is C32H40N2O6S. The summed E-state index contributed by atoms with van der Waals surface area (Å²) < 4.78 is 40.3. The van der Waals surface area contributed by atoms with Crippen LogP contribution < -0.4 is 18.9 Å². The topological polar surface area (TPSA) is 114 Å². The van der Waals surface area contributed by atoms with Gasteiger partial charge in [0.1, 0.15) is 17.6 Å². The first kappa shape index (κ1) is 30.6. The molecule has 2 aromatic rings. The monoisotopic (exact) mass is 580 g/mol. The summed E-state index contributed by atoms with van der Waals surface area (Å²) in [6.07, 6.45) is 9.07. The average Bonchev–Trinajstić information content (AvgIpc) is 2.94. The van der Waals surface area contributed by atoms with E-state index in [0.717, 1.165) is 52.8 Å². The maximum atomic E-state index is 11.8. The lowest BCUT2D eigenvalue weighted by Crippen LogP contribution is -2.48. The lowest BCUT2D eigenvalue weighted by Gasteiger charge is -2.24. The second kappa shape index (κ2) is 12.6. The molecule has 1 aliphatic carbocycles. The highest BCUT2D eigenvalue weighted by Gasteiger charge is 2.29. The van der Waals surface area contributed by atoms with Gasteiger partial charge >= 0.3 is 10.2 Å². The Hall–Kier alpha value is -3.40. The molecule has 0 saturated carbocycles. The Morgan fingerprint density at radius 1 is 1.10 bits per heavy atom. The normalized spacial score (nSPS) is 22.0. The number of aliphatic hydroxyl groups is 1. The molecular weight excluding hydrogens is 540 g/mol. The van der Waals surface area contributed by atoms with Gasteiger partial charge in [0.15, 0.2) is 0 Å². The Morgan fingerprint density at radius 2 is 1.78 bits per heavy atom. The van der Waals surface area contributed by atoms with Crippen molar-refractivity contribution in [3.8, 4) is 11.5 Å². The van der Waals surface area contributed by atoms with Gasteiger partial charge in [0.05, 0.1) is 18.2 Å². The summed E-state index contributed by atoms with van der Waals surface area (Å²) in [4.78, 5) is 11.8. The summed E-state index contributed by atoms with van der Waals surface area (Å²) in [5.41, 5.74) is 5.43. The molecule has 2 aliphatic rings. The number of hydrogen-bond acceptors (Lipinski definition) is 6. The second-order valence-electron chi connectivity index (χ2n) is 11.4. The fourth-order valence-corrected chi connectivity index (χ4v) is 6.15. The molecule has 1 aliphatic heterocycles. The highest BCUT2D eigenvalue weighted by molar-refractivity contribution is 7.88. The number of carbonyl (C=O) groups is 1. The third-order valence-corrected chi connectivity index (χ3v) is 8.32. The third kappa shape index (κ3) is 8.55. The number of aryl methyl sites for hydroxylation is 2. The molecule has 9 heteroatoms. The smallest absolute Gasteiger partial charge is 0.301 e. The van der Waals surface area contributed by atoms with Gasteiger partial charge in [0, 0.05) is 19.3 Å². The Labute approximate surface area is 243 Å². The van der Waals surface area contributed by atoms with Crippen LogP contribution in [0.4, 0.5) is 0 Å². The number of benzene rings is 2. The fraction of sp³-hybridized carbons (Fsp3) is 0.406. The number of amides is 1. The molecule has 8 nitrogen and oxygen atoms in total. The predicted octanol–water partition coefficient (Wildman–Crippen LogP) is 5.37. The molecule has 1 saturated heterocycles. The molecule has 4 rings (SSSR count). The van der Waals surface area contributed by atoms with Gasteiger partial charge in [-0.05, 0) is 98.2 Å². The Morgan fingerprint density at radius 3 is 2.41 bits per heavy atom. The minimum absolute atomic E-state index is 0.0427. The SMILES string of the molecule is C=C1CC[C@@H](Oc2ccc(C3CC(=O)NS(=O)(=O)N3)cc2)C/C=C\C=C1c1c(C)cc(OCCC(C)(C)O)cc1C. The van der Waals surface area contributed by atoms with Crippen LogP contribution in [-0.4, -0.2) is 37.7 Å². The molecule has 0 aromatic heterocycles. The molecule has 1 unspecified atom stereocenters. The van der Waals surface area contributed by atoms with Crippen LogP contribution in [0.5, 0.6) is 11.5 Å². The van der Waals surface area contributed by atoms with Crippen molar-refractivity contribution in [1.29, 1.82) is 0 Å². The van der Waals surface area contributed by atoms with Gasteiger partial charge in [-0.3, -0.25) is 4.79 Å². The first-order valence-corrected chi connectivity index (χ1v) is 15.4. The van der Waals surface area contributed by atoms with Gasteiger partial charge in [0.2, 0.25) is 5.91 Å². The van der Waals surface area contributed by atoms with E-state index in [-0.39, 0.29) is 12.5 Å². The van der Waals surface area contributed by atoms with Gasteiger partial charge in [0.25, 0.3) is 0 Å². The van der Waals surface area contributed by atoms with Gasteiger partial charge in [-0.15, -0.1) is 0 Å². The van der Waals surface area contributed by atoms with E-state index in [4.69, 9.17) is 9.47 Å². The molecule has 1 fully saturated rings. The van der Waals surface area contributed by atoms with E-state index in [9.17, 15) is 18.3 Å². The van der Waals surface area contributed by atoms with Gasteiger partial charge in [-0.1, -0.05) is 36.9 Å². The van der Waals surface area contributed by atoms with Crippen LogP contribution in [0.2, 0.25) is 0 Å². The van der Waals surface area contributed by atoms with Crippen LogP contribution in [-0.2, 0) is 15.0 Å². The minimum Gasteiger partial charge on any atom is -0.493 e. The van der Waals surface area contributed by atoms with E-state index in [0.29, 0.717) is 24.3 Å². The predicted molar refractivity (Wildman–Crippen MR) is 161 cm³/mol. The molecule has 0 radical (unpaired) electrons. The quantitative estimate of drug-likeness (QED) is 0.387. The van der Waals surface area contributed by atoms with E-state index in [2.05, 4.69) is 43.4 Å². The highest BCUT2D eigenvalue weighted by atomic mass is 32.2. The maximum absolute atomic E-state index is 11.8. The molecule has 3 N–H and O–H groups in total. The Kier molecular flexibility index (Phi) is 9.41. The largest absolute Gasteiger partial charge is 0.493 e. The standard InChI is InChI=1S/C32H40N2O6S/c1-21-10-13-25(40-26-14-11-24(12-15-26)29-20-30(35)34-41(37,38)33-29)8-6-7-9-28(21)31-22(2)18-27(19-23(31)3)39-17-16-32(4,5)36/h6-7,9,11-12,14-15,18-19,25,29,33,36H,1,8,10,13,16-17,20H2,2-5H3,(H,34,35)/b7-6-,28-9?/t25-,29?/m0/s1. The van der Waals surface area contributed by atoms with Crippen molar-refractivity contribution in [2.45, 2.75) is 77.5 Å². The summed E-state index contributed by atoms with van der Waals surface area (Å²) in [5, 5.41) is 9.96. The molecule has 2 aromatic carbocycles. The van der Waals surface area contributed by atoms with Crippen LogP contribution >= 0.6 is 0 Å². The van der Waals surface area contributed by atoms with Crippen molar-refractivity contribution < 1.29 is 27.8 Å². The zero-order valence-corrected chi connectivity index (χ0v) is 25.0. The molecule has 1 heterocycles. The Balaban J connectivity index is 1.40. The zero-order valence-electron chi connectivity index (χ0n) is 24.2. The molecule has 220 valence electrons. The van der Waals surface area contributed by atoms with Crippen molar-refractivity contribution in [3.05, 3.63) is 89.0 Å². The van der Waals surface area contributed by atoms with Crippen molar-refractivity contribution in [2.24, 2.45) is 0 Å². The molecule has 2 atom stereocenters. The number of hydrogen-bond donors (Lipinski definition) is 3. The fourth-order valence-electron chi connectivity index (χ4n) is 5.11. The highest BCUT2D eigenvalue weighted by Crippen LogP contribution is 2.35. The van der Waals surface area contributed by atoms with E-state index in [1.54, 1.807) is 26.0 Å². The Bertz CT molecular complexity index is 1430. The van der Waals surface area contributed by atoms with E-state index < -0.39 is 27.8 Å². The van der Waals surface area contributed by atoms with Gasteiger partial charge in [-0.25, -0.2) is 4.72 Å². The number of rotatable bonds is 8. The van der Waals surface area contributed by atoms with Gasteiger partial charge < -0.3 is 14.6 Å². The summed E-state index contributed by atoms with van der Waals surface area (Å²) in [7, 11) is -3.84. The van der Waals surface area contributed by atoms with Crippen LogP contribution in [0.3, 0.4) is 0 Å². The summed E-state index contributed by atoms with van der Waals surface area (Å²) in [5.74, 6) is 0.943. The minimum atomic E-state index is -3.84. The first-order valence-electron chi connectivity index (χ1n) is 13.9. The van der Waals surface area contributed by atoms with Crippen LogP contribution in [0.1, 0.15) is 74.2 Å².